The first-order valence-corrected chi connectivity index (χ1v) is 7.57. The molecule has 96 valence electrons. The van der Waals surface area contributed by atoms with E-state index in [1.165, 1.54) is 17.4 Å². The zero-order valence-corrected chi connectivity index (χ0v) is 13.5. The van der Waals surface area contributed by atoms with Crippen molar-refractivity contribution in [2.45, 2.75) is 6.54 Å². The van der Waals surface area contributed by atoms with Gasteiger partial charge in [-0.2, -0.15) is 0 Å². The van der Waals surface area contributed by atoms with Gasteiger partial charge in [-0.3, -0.25) is 0 Å². The molecule has 2 aromatic rings. The van der Waals surface area contributed by atoms with Crippen molar-refractivity contribution in [2.24, 2.45) is 0 Å². The van der Waals surface area contributed by atoms with Crippen LogP contribution < -0.4 is 5.32 Å². The Labute approximate surface area is 128 Å². The van der Waals surface area contributed by atoms with E-state index in [1.54, 1.807) is 0 Å². The molecule has 0 saturated carbocycles. The summed E-state index contributed by atoms with van der Waals surface area (Å²) in [4.78, 5) is 0.947. The van der Waals surface area contributed by atoms with Crippen LogP contribution in [0.3, 0.4) is 0 Å². The molecule has 0 amide bonds. The maximum Gasteiger partial charge on any atom is 0.150 e. The fourth-order valence-corrected chi connectivity index (χ4v) is 3.64. The highest BCUT2D eigenvalue weighted by atomic mass is 79.9. The Morgan fingerprint density at radius 1 is 1.17 bits per heavy atom. The summed E-state index contributed by atoms with van der Waals surface area (Å²) in [7, 11) is 0. The van der Waals surface area contributed by atoms with Gasteiger partial charge >= 0.3 is 0 Å². The fourth-order valence-electron chi connectivity index (χ4n) is 1.37. The van der Waals surface area contributed by atoms with Gasteiger partial charge in [0.2, 0.25) is 0 Å². The van der Waals surface area contributed by atoms with E-state index < -0.39 is 11.6 Å². The van der Waals surface area contributed by atoms with Crippen LogP contribution in [0.5, 0.6) is 0 Å². The maximum atomic E-state index is 13.5. The predicted octanol–water partition coefficient (Wildman–Crippen LogP) is 5.82. The van der Waals surface area contributed by atoms with Crippen LogP contribution in [0.25, 0.3) is 0 Å². The average molecular weight is 418 g/mol. The van der Waals surface area contributed by atoms with Crippen LogP contribution >= 0.6 is 54.8 Å². The fraction of sp³-hybridized carbons (Fsp3) is 0.0909. The molecule has 0 aliphatic heterocycles. The molecule has 1 N–H and O–H groups in total. The van der Waals surface area contributed by atoms with Crippen molar-refractivity contribution >= 4 is 60.5 Å². The van der Waals surface area contributed by atoms with Gasteiger partial charge in [0.1, 0.15) is 16.0 Å². The van der Waals surface area contributed by atoms with E-state index in [4.69, 9.17) is 11.6 Å². The Morgan fingerprint density at radius 3 is 2.44 bits per heavy atom. The first-order chi connectivity index (χ1) is 8.47. The lowest BCUT2D eigenvalue weighted by atomic mass is 10.3. The van der Waals surface area contributed by atoms with E-state index in [2.05, 4.69) is 37.2 Å². The molecule has 0 radical (unpaired) electrons. The third-order valence-corrected chi connectivity index (χ3v) is 5.24. The van der Waals surface area contributed by atoms with E-state index in [9.17, 15) is 8.78 Å². The summed E-state index contributed by atoms with van der Waals surface area (Å²) in [6.45, 7) is 0.414. The molecule has 0 bridgehead atoms. The number of hydrogen-bond donors (Lipinski definition) is 1. The Balaban J connectivity index is 2.15. The summed E-state index contributed by atoms with van der Waals surface area (Å²) in [6.07, 6.45) is 0. The smallest absolute Gasteiger partial charge is 0.150 e. The molecular weight excluding hydrogens is 411 g/mol. The van der Waals surface area contributed by atoms with Crippen molar-refractivity contribution in [1.82, 2.24) is 0 Å². The quantitative estimate of drug-likeness (QED) is 0.664. The SMILES string of the molecule is Fc1cc(F)c(NCc2cc(Br)c(Cl)s2)c(Br)c1. The summed E-state index contributed by atoms with van der Waals surface area (Å²) in [5.74, 6) is -1.25. The molecule has 2 rings (SSSR count). The van der Waals surface area contributed by atoms with E-state index in [0.29, 0.717) is 15.4 Å². The summed E-state index contributed by atoms with van der Waals surface area (Å²) in [6, 6.07) is 3.91. The predicted molar refractivity (Wildman–Crippen MR) is 78.4 cm³/mol. The number of hydrogen-bond acceptors (Lipinski definition) is 2. The van der Waals surface area contributed by atoms with E-state index in [1.807, 2.05) is 6.07 Å². The molecule has 18 heavy (non-hydrogen) atoms. The van der Waals surface area contributed by atoms with Crippen molar-refractivity contribution < 1.29 is 8.78 Å². The normalized spacial score (nSPS) is 10.7. The molecule has 0 saturated heterocycles. The van der Waals surface area contributed by atoms with Gasteiger partial charge in [-0.15, -0.1) is 11.3 Å². The van der Waals surface area contributed by atoms with Gasteiger partial charge in [-0.05, 0) is 44.0 Å². The van der Waals surface area contributed by atoms with Gasteiger partial charge in [-0.25, -0.2) is 8.78 Å². The highest BCUT2D eigenvalue weighted by molar-refractivity contribution is 9.11. The van der Waals surface area contributed by atoms with E-state index in [-0.39, 0.29) is 5.69 Å². The lowest BCUT2D eigenvalue weighted by Gasteiger charge is -2.08. The second-order valence-corrected chi connectivity index (χ2v) is 6.88. The van der Waals surface area contributed by atoms with E-state index in [0.717, 1.165) is 15.4 Å². The maximum absolute atomic E-state index is 13.5. The molecule has 1 aromatic heterocycles. The van der Waals surface area contributed by atoms with Crippen LogP contribution in [-0.4, -0.2) is 0 Å². The molecule has 0 fully saturated rings. The summed E-state index contributed by atoms with van der Waals surface area (Å²) >= 11 is 13.7. The lowest BCUT2D eigenvalue weighted by Crippen LogP contribution is -2.01. The topological polar surface area (TPSA) is 12.0 Å². The molecule has 1 nitrogen and oxygen atoms in total. The van der Waals surface area contributed by atoms with Crippen molar-refractivity contribution in [3.05, 3.63) is 48.0 Å². The molecule has 7 heteroatoms. The highest BCUT2D eigenvalue weighted by Crippen LogP contribution is 2.33. The Hall–Kier alpha value is -0.170. The zero-order valence-electron chi connectivity index (χ0n) is 8.74. The number of thiophene rings is 1. The first-order valence-electron chi connectivity index (χ1n) is 4.79. The van der Waals surface area contributed by atoms with Crippen LogP contribution in [-0.2, 0) is 6.54 Å². The van der Waals surface area contributed by atoms with Crippen LogP contribution in [0.2, 0.25) is 4.34 Å². The number of nitrogens with one attached hydrogen (secondary N) is 1. The van der Waals surface area contributed by atoms with Gasteiger partial charge < -0.3 is 5.32 Å². The highest BCUT2D eigenvalue weighted by Gasteiger charge is 2.10. The third kappa shape index (κ3) is 3.23. The number of benzene rings is 1. The molecule has 0 aliphatic carbocycles. The average Bonchev–Trinajstić information content (AvgIpc) is 2.56. The van der Waals surface area contributed by atoms with Gasteiger partial charge in [0.25, 0.3) is 0 Å². The van der Waals surface area contributed by atoms with Crippen molar-refractivity contribution in [3.63, 3.8) is 0 Å². The summed E-state index contributed by atoms with van der Waals surface area (Å²) in [5.41, 5.74) is 0.233. The Kier molecular flexibility index (Phi) is 4.64. The van der Waals surface area contributed by atoms with Gasteiger partial charge in [0.05, 0.1) is 5.69 Å². The number of rotatable bonds is 3. The lowest BCUT2D eigenvalue weighted by molar-refractivity contribution is 0.583. The monoisotopic (exact) mass is 415 g/mol. The first kappa shape index (κ1) is 14.2. The minimum atomic E-state index is -0.636. The second kappa shape index (κ2) is 5.86. The minimum Gasteiger partial charge on any atom is -0.377 e. The largest absolute Gasteiger partial charge is 0.377 e. The van der Waals surface area contributed by atoms with Crippen molar-refractivity contribution in [3.8, 4) is 0 Å². The third-order valence-electron chi connectivity index (χ3n) is 2.14. The van der Waals surface area contributed by atoms with E-state index >= 15 is 0 Å². The standard InChI is InChI=1S/C11H6Br2ClF2NS/c12-7-1-5(15)2-9(16)10(7)17-4-6-3-8(13)11(14)18-6/h1-3,17H,4H2. The molecule has 0 atom stereocenters. The Bertz CT molecular complexity index is 546. The van der Waals surface area contributed by atoms with Gasteiger partial charge in [-0.1, -0.05) is 11.6 Å². The number of halogens is 5. The number of anilines is 1. The molecule has 0 unspecified atom stereocenters. The van der Waals surface area contributed by atoms with Crippen LogP contribution in [0.1, 0.15) is 4.88 Å². The molecule has 1 heterocycles. The van der Waals surface area contributed by atoms with Crippen LogP contribution in [0, 0.1) is 11.6 Å². The van der Waals surface area contributed by atoms with Crippen LogP contribution in [0.15, 0.2) is 27.1 Å². The Morgan fingerprint density at radius 2 is 1.89 bits per heavy atom. The zero-order chi connectivity index (χ0) is 13.3. The van der Waals surface area contributed by atoms with Crippen molar-refractivity contribution in [1.29, 1.82) is 0 Å². The molecular formula is C11H6Br2ClF2NS. The van der Waals surface area contributed by atoms with Crippen LogP contribution in [0.4, 0.5) is 14.5 Å². The molecule has 1 aromatic carbocycles. The van der Waals surface area contributed by atoms with Gasteiger partial charge in [0, 0.05) is 26.4 Å². The summed E-state index contributed by atoms with van der Waals surface area (Å²) in [5, 5.41) is 2.91. The second-order valence-electron chi connectivity index (χ2n) is 3.43. The summed E-state index contributed by atoms with van der Waals surface area (Å²) < 4.78 is 28.2. The van der Waals surface area contributed by atoms with Crippen molar-refractivity contribution in [2.75, 3.05) is 5.32 Å². The van der Waals surface area contributed by atoms with Gasteiger partial charge in [0.15, 0.2) is 0 Å². The minimum absolute atomic E-state index is 0.233. The molecule has 0 aliphatic rings. The molecule has 0 spiro atoms.